The lowest BCUT2D eigenvalue weighted by Gasteiger charge is -2.05. The number of ether oxygens (including phenoxy) is 2. The monoisotopic (exact) mass is 187 g/mol. The van der Waals surface area contributed by atoms with Crippen molar-refractivity contribution in [2.24, 2.45) is 0 Å². The van der Waals surface area contributed by atoms with Gasteiger partial charge in [-0.25, -0.2) is 9.59 Å². The zero-order chi connectivity index (χ0) is 10.3. The third-order valence-corrected chi connectivity index (χ3v) is 1.24. The first kappa shape index (κ1) is 11.5. The molecule has 5 nitrogen and oxygen atoms in total. The quantitative estimate of drug-likeness (QED) is 0.489. The molecule has 0 aromatic heterocycles. The lowest BCUT2D eigenvalue weighted by molar-refractivity contribution is -0.138. The summed E-state index contributed by atoms with van der Waals surface area (Å²) in [5.74, 6) is -1.19. The van der Waals surface area contributed by atoms with Gasteiger partial charge < -0.3 is 14.8 Å². The van der Waals surface area contributed by atoms with Crippen LogP contribution < -0.4 is 5.32 Å². The van der Waals surface area contributed by atoms with Crippen molar-refractivity contribution in [1.29, 1.82) is 0 Å². The number of rotatable bonds is 4. The van der Waals surface area contributed by atoms with Gasteiger partial charge in [-0.05, 0) is 6.92 Å². The van der Waals surface area contributed by atoms with Crippen LogP contribution in [0, 0.1) is 0 Å². The molecule has 5 heteroatoms. The van der Waals surface area contributed by atoms with Crippen molar-refractivity contribution in [3.63, 3.8) is 0 Å². The number of hydrogen-bond donors (Lipinski definition) is 1. The molecule has 13 heavy (non-hydrogen) atoms. The predicted octanol–water partition coefficient (Wildman–Crippen LogP) is -0.174. The fourth-order valence-electron chi connectivity index (χ4n) is 0.659. The van der Waals surface area contributed by atoms with Crippen LogP contribution in [0.25, 0.3) is 0 Å². The van der Waals surface area contributed by atoms with Gasteiger partial charge >= 0.3 is 11.9 Å². The minimum atomic E-state index is -0.596. The summed E-state index contributed by atoms with van der Waals surface area (Å²) in [5.41, 5.74) is 0.0943. The van der Waals surface area contributed by atoms with Crippen LogP contribution in [-0.2, 0) is 19.1 Å². The minimum Gasteiger partial charge on any atom is -0.466 e. The maximum absolute atomic E-state index is 11.0. The van der Waals surface area contributed by atoms with Gasteiger partial charge in [-0.3, -0.25) is 0 Å². The van der Waals surface area contributed by atoms with Gasteiger partial charge in [-0.2, -0.15) is 0 Å². The lowest BCUT2D eigenvalue weighted by atomic mass is 10.4. The van der Waals surface area contributed by atoms with Crippen LogP contribution in [0.15, 0.2) is 11.8 Å². The number of carbonyl (C=O) groups is 2. The van der Waals surface area contributed by atoms with E-state index in [2.05, 4.69) is 14.8 Å². The third-order valence-electron chi connectivity index (χ3n) is 1.24. The first-order valence-electron chi connectivity index (χ1n) is 3.77. The van der Waals surface area contributed by atoms with E-state index in [4.69, 9.17) is 0 Å². The molecule has 0 spiro atoms. The number of likely N-dealkylation sites (N-methyl/N-ethyl adjacent to an activating group) is 1. The molecule has 0 aliphatic heterocycles. The Morgan fingerprint density at radius 2 is 1.92 bits per heavy atom. The van der Waals surface area contributed by atoms with E-state index in [0.29, 0.717) is 6.54 Å². The van der Waals surface area contributed by atoms with Gasteiger partial charge in [-0.1, -0.05) is 0 Å². The Labute approximate surface area is 76.7 Å². The summed E-state index contributed by atoms with van der Waals surface area (Å²) in [5, 5.41) is 2.68. The van der Waals surface area contributed by atoms with Gasteiger partial charge in [-0.15, -0.1) is 0 Å². The Balaban J connectivity index is 4.48. The van der Waals surface area contributed by atoms with Gasteiger partial charge in [0.25, 0.3) is 0 Å². The highest BCUT2D eigenvalue weighted by molar-refractivity contribution is 5.95. The van der Waals surface area contributed by atoms with Crippen LogP contribution in [0.3, 0.4) is 0 Å². The predicted molar refractivity (Wildman–Crippen MR) is 45.8 cm³/mol. The molecule has 0 rings (SSSR count). The average molecular weight is 187 g/mol. The Morgan fingerprint density at radius 1 is 1.31 bits per heavy atom. The maximum atomic E-state index is 11.0. The summed E-state index contributed by atoms with van der Waals surface area (Å²) < 4.78 is 8.79. The first-order chi connectivity index (χ1) is 6.15. The smallest absolute Gasteiger partial charge is 0.354 e. The standard InChI is InChI=1S/C8H13NO4/c1-4-9-6(8(11)13-3)5-7(10)12-2/h5,9H,4H2,1-3H3/b6-5+. The van der Waals surface area contributed by atoms with Gasteiger partial charge in [0.1, 0.15) is 5.70 Å². The molecule has 0 fully saturated rings. The van der Waals surface area contributed by atoms with Crippen molar-refractivity contribution in [2.45, 2.75) is 6.92 Å². The molecule has 0 heterocycles. The normalized spacial score (nSPS) is 10.5. The lowest BCUT2D eigenvalue weighted by Crippen LogP contribution is -2.22. The number of hydrogen-bond acceptors (Lipinski definition) is 5. The van der Waals surface area contributed by atoms with E-state index in [9.17, 15) is 9.59 Å². The molecule has 0 atom stereocenters. The molecular formula is C8H13NO4. The van der Waals surface area contributed by atoms with Crippen molar-refractivity contribution in [3.8, 4) is 0 Å². The number of nitrogens with one attached hydrogen (secondary N) is 1. The minimum absolute atomic E-state index is 0.0943. The number of methoxy groups -OCH3 is 2. The second-order valence-corrected chi connectivity index (χ2v) is 2.10. The molecule has 0 bridgehead atoms. The highest BCUT2D eigenvalue weighted by Crippen LogP contribution is 1.93. The van der Waals surface area contributed by atoms with Crippen LogP contribution in [0.5, 0.6) is 0 Å². The zero-order valence-corrected chi connectivity index (χ0v) is 7.92. The Hall–Kier alpha value is -1.52. The van der Waals surface area contributed by atoms with E-state index in [1.54, 1.807) is 6.92 Å². The van der Waals surface area contributed by atoms with E-state index in [1.165, 1.54) is 14.2 Å². The van der Waals surface area contributed by atoms with Crippen LogP contribution in [0.4, 0.5) is 0 Å². The number of esters is 2. The van der Waals surface area contributed by atoms with Crippen LogP contribution >= 0.6 is 0 Å². The Morgan fingerprint density at radius 3 is 2.31 bits per heavy atom. The maximum Gasteiger partial charge on any atom is 0.354 e. The second kappa shape index (κ2) is 6.05. The summed E-state index contributed by atoms with van der Waals surface area (Å²) in [6.45, 7) is 2.33. The molecule has 0 amide bonds. The first-order valence-corrected chi connectivity index (χ1v) is 3.77. The molecule has 0 unspecified atom stereocenters. The fourth-order valence-corrected chi connectivity index (χ4v) is 0.659. The highest BCUT2D eigenvalue weighted by atomic mass is 16.5. The van der Waals surface area contributed by atoms with Crippen molar-refractivity contribution >= 4 is 11.9 Å². The third kappa shape index (κ3) is 4.15. The molecule has 0 aliphatic rings. The Bertz CT molecular complexity index is 222. The summed E-state index contributed by atoms with van der Waals surface area (Å²) in [7, 11) is 2.48. The largest absolute Gasteiger partial charge is 0.466 e. The van der Waals surface area contributed by atoms with Gasteiger partial charge in [0, 0.05) is 6.54 Å². The molecule has 74 valence electrons. The summed E-state index contributed by atoms with van der Waals surface area (Å²) in [6, 6.07) is 0. The SMILES string of the molecule is CCN/C(=C/C(=O)OC)C(=O)OC. The topological polar surface area (TPSA) is 64.6 Å². The Kier molecular flexibility index (Phi) is 5.34. The second-order valence-electron chi connectivity index (χ2n) is 2.10. The summed E-state index contributed by atoms with van der Waals surface area (Å²) in [4.78, 5) is 21.8. The van der Waals surface area contributed by atoms with E-state index in [0.717, 1.165) is 6.08 Å². The molecule has 0 saturated heterocycles. The molecule has 0 aromatic carbocycles. The van der Waals surface area contributed by atoms with Crippen LogP contribution in [0.1, 0.15) is 6.92 Å². The van der Waals surface area contributed by atoms with E-state index in [-0.39, 0.29) is 5.70 Å². The van der Waals surface area contributed by atoms with Crippen molar-refractivity contribution in [3.05, 3.63) is 11.8 Å². The average Bonchev–Trinajstić information content (AvgIpc) is 2.15. The highest BCUT2D eigenvalue weighted by Gasteiger charge is 2.10. The van der Waals surface area contributed by atoms with Crippen molar-refractivity contribution in [2.75, 3.05) is 20.8 Å². The van der Waals surface area contributed by atoms with Crippen LogP contribution in [-0.4, -0.2) is 32.7 Å². The summed E-state index contributed by atoms with van der Waals surface area (Å²) in [6.07, 6.45) is 1.05. The van der Waals surface area contributed by atoms with Gasteiger partial charge in [0.05, 0.1) is 20.3 Å². The summed E-state index contributed by atoms with van der Waals surface area (Å²) >= 11 is 0. The van der Waals surface area contributed by atoms with E-state index in [1.807, 2.05) is 0 Å². The molecule has 0 saturated carbocycles. The van der Waals surface area contributed by atoms with Gasteiger partial charge in [0.15, 0.2) is 0 Å². The molecule has 0 aliphatic carbocycles. The van der Waals surface area contributed by atoms with Crippen molar-refractivity contribution in [1.82, 2.24) is 5.32 Å². The van der Waals surface area contributed by atoms with Crippen molar-refractivity contribution < 1.29 is 19.1 Å². The van der Waals surface area contributed by atoms with E-state index < -0.39 is 11.9 Å². The van der Waals surface area contributed by atoms with E-state index >= 15 is 0 Å². The molecular weight excluding hydrogens is 174 g/mol. The van der Waals surface area contributed by atoms with Gasteiger partial charge in [0.2, 0.25) is 0 Å². The molecule has 1 N–H and O–H groups in total. The van der Waals surface area contributed by atoms with Crippen LogP contribution in [0.2, 0.25) is 0 Å². The number of carbonyl (C=O) groups excluding carboxylic acids is 2. The fraction of sp³-hybridized carbons (Fsp3) is 0.500. The molecule has 0 radical (unpaired) electrons. The zero-order valence-electron chi connectivity index (χ0n) is 7.92. The molecule has 0 aromatic rings.